The first-order valence-corrected chi connectivity index (χ1v) is 7.25. The van der Waals surface area contributed by atoms with Gasteiger partial charge in [0.1, 0.15) is 0 Å². The Morgan fingerprint density at radius 1 is 1.39 bits per heavy atom. The first-order chi connectivity index (χ1) is 8.42. The SMILES string of the molecule is CC(C)C1CCN(C2CCCC(N)(C(N)=O)C2)C1. The summed E-state index contributed by atoms with van der Waals surface area (Å²) in [5.74, 6) is 1.22. The van der Waals surface area contributed by atoms with Crippen LogP contribution >= 0.6 is 0 Å². The molecule has 4 heteroatoms. The Kier molecular flexibility index (Phi) is 3.97. The van der Waals surface area contributed by atoms with Gasteiger partial charge < -0.3 is 16.4 Å². The van der Waals surface area contributed by atoms with Crippen LogP contribution in [0.15, 0.2) is 0 Å². The van der Waals surface area contributed by atoms with Crippen molar-refractivity contribution in [2.24, 2.45) is 23.3 Å². The van der Waals surface area contributed by atoms with Crippen LogP contribution in [-0.2, 0) is 4.79 Å². The van der Waals surface area contributed by atoms with Gasteiger partial charge in [-0.1, -0.05) is 13.8 Å². The maximum atomic E-state index is 11.5. The lowest BCUT2D eigenvalue weighted by molar-refractivity contribution is -0.125. The van der Waals surface area contributed by atoms with Crippen LogP contribution in [0.25, 0.3) is 0 Å². The fraction of sp³-hybridized carbons (Fsp3) is 0.929. The average molecular weight is 253 g/mol. The second-order valence-corrected chi connectivity index (χ2v) is 6.56. The molecule has 0 spiro atoms. The van der Waals surface area contributed by atoms with Gasteiger partial charge in [-0.15, -0.1) is 0 Å². The molecule has 0 aromatic rings. The Balaban J connectivity index is 1.96. The van der Waals surface area contributed by atoms with E-state index in [1.54, 1.807) is 0 Å². The molecule has 4 N–H and O–H groups in total. The Hall–Kier alpha value is -0.610. The van der Waals surface area contributed by atoms with Gasteiger partial charge in [-0.25, -0.2) is 0 Å². The van der Waals surface area contributed by atoms with Crippen LogP contribution in [0, 0.1) is 11.8 Å². The number of amides is 1. The molecule has 1 aliphatic heterocycles. The number of likely N-dealkylation sites (tertiary alicyclic amines) is 1. The van der Waals surface area contributed by atoms with Gasteiger partial charge in [-0.05, 0) is 50.5 Å². The van der Waals surface area contributed by atoms with Crippen LogP contribution in [0.5, 0.6) is 0 Å². The number of carbonyl (C=O) groups is 1. The van der Waals surface area contributed by atoms with Gasteiger partial charge in [0, 0.05) is 12.6 Å². The third-order valence-corrected chi connectivity index (χ3v) is 4.97. The summed E-state index contributed by atoms with van der Waals surface area (Å²) in [4.78, 5) is 14.0. The molecule has 0 aromatic carbocycles. The summed E-state index contributed by atoms with van der Waals surface area (Å²) in [6, 6.07) is 0.458. The van der Waals surface area contributed by atoms with Gasteiger partial charge in [-0.3, -0.25) is 4.79 Å². The Bertz CT molecular complexity index is 318. The summed E-state index contributed by atoms with van der Waals surface area (Å²) >= 11 is 0. The zero-order chi connectivity index (χ0) is 13.3. The number of hydrogen-bond donors (Lipinski definition) is 2. The van der Waals surface area contributed by atoms with E-state index in [0.717, 1.165) is 50.6 Å². The van der Waals surface area contributed by atoms with Crippen LogP contribution in [0.1, 0.15) is 46.0 Å². The molecular weight excluding hydrogens is 226 g/mol. The number of carbonyl (C=O) groups excluding carboxylic acids is 1. The monoisotopic (exact) mass is 253 g/mol. The molecule has 1 aliphatic carbocycles. The first kappa shape index (κ1) is 13.8. The molecule has 0 bridgehead atoms. The minimum Gasteiger partial charge on any atom is -0.368 e. The van der Waals surface area contributed by atoms with Crippen molar-refractivity contribution in [2.45, 2.75) is 57.5 Å². The van der Waals surface area contributed by atoms with E-state index < -0.39 is 5.54 Å². The molecule has 3 atom stereocenters. The lowest BCUT2D eigenvalue weighted by Crippen LogP contribution is -2.58. The van der Waals surface area contributed by atoms with Crippen molar-refractivity contribution < 1.29 is 4.79 Å². The van der Waals surface area contributed by atoms with Gasteiger partial charge in [0.15, 0.2) is 0 Å². The van der Waals surface area contributed by atoms with E-state index in [9.17, 15) is 4.79 Å². The summed E-state index contributed by atoms with van der Waals surface area (Å²) in [5, 5.41) is 0. The maximum absolute atomic E-state index is 11.5. The van der Waals surface area contributed by atoms with E-state index in [2.05, 4.69) is 18.7 Å². The molecule has 1 saturated carbocycles. The number of hydrogen-bond acceptors (Lipinski definition) is 3. The second kappa shape index (κ2) is 5.17. The topological polar surface area (TPSA) is 72.3 Å². The minimum atomic E-state index is -0.765. The van der Waals surface area contributed by atoms with Crippen molar-refractivity contribution in [1.82, 2.24) is 4.90 Å². The standard InChI is InChI=1S/C14H27N3O/c1-10(2)11-5-7-17(9-11)12-4-3-6-14(16,8-12)13(15)18/h10-12H,3-9,16H2,1-2H3,(H2,15,18). The van der Waals surface area contributed by atoms with Gasteiger partial charge in [0.25, 0.3) is 0 Å². The van der Waals surface area contributed by atoms with E-state index in [0.29, 0.717) is 6.04 Å². The van der Waals surface area contributed by atoms with Gasteiger partial charge >= 0.3 is 0 Å². The zero-order valence-electron chi connectivity index (χ0n) is 11.7. The number of nitrogens with zero attached hydrogens (tertiary/aromatic N) is 1. The average Bonchev–Trinajstić information content (AvgIpc) is 2.78. The third kappa shape index (κ3) is 2.69. The summed E-state index contributed by atoms with van der Waals surface area (Å²) in [5.41, 5.74) is 10.8. The molecular formula is C14H27N3O. The molecule has 0 radical (unpaired) electrons. The summed E-state index contributed by atoms with van der Waals surface area (Å²) in [7, 11) is 0. The van der Waals surface area contributed by atoms with Crippen LogP contribution in [0.3, 0.4) is 0 Å². The molecule has 104 valence electrons. The smallest absolute Gasteiger partial charge is 0.237 e. The molecule has 0 aromatic heterocycles. The van der Waals surface area contributed by atoms with Crippen molar-refractivity contribution in [3.8, 4) is 0 Å². The quantitative estimate of drug-likeness (QED) is 0.791. The molecule has 1 saturated heterocycles. The molecule has 1 heterocycles. The van der Waals surface area contributed by atoms with Gasteiger partial charge in [-0.2, -0.15) is 0 Å². The first-order valence-electron chi connectivity index (χ1n) is 7.25. The third-order valence-electron chi connectivity index (χ3n) is 4.97. The summed E-state index contributed by atoms with van der Waals surface area (Å²) < 4.78 is 0. The molecule has 1 amide bonds. The molecule has 2 aliphatic rings. The van der Waals surface area contributed by atoms with Crippen molar-refractivity contribution in [3.63, 3.8) is 0 Å². The Morgan fingerprint density at radius 2 is 2.11 bits per heavy atom. The summed E-state index contributed by atoms with van der Waals surface area (Å²) in [6.45, 7) is 6.91. The molecule has 2 fully saturated rings. The van der Waals surface area contributed by atoms with Crippen molar-refractivity contribution >= 4 is 5.91 Å². The molecule has 3 unspecified atom stereocenters. The predicted molar refractivity (Wildman–Crippen MR) is 72.9 cm³/mol. The second-order valence-electron chi connectivity index (χ2n) is 6.56. The lowest BCUT2D eigenvalue weighted by atomic mass is 9.78. The highest BCUT2D eigenvalue weighted by atomic mass is 16.1. The zero-order valence-corrected chi connectivity index (χ0v) is 11.7. The predicted octanol–water partition coefficient (Wildman–Crippen LogP) is 1.09. The molecule has 4 nitrogen and oxygen atoms in total. The Labute approximate surface area is 110 Å². The van der Waals surface area contributed by atoms with Crippen LogP contribution in [0.4, 0.5) is 0 Å². The maximum Gasteiger partial charge on any atom is 0.237 e. The van der Waals surface area contributed by atoms with E-state index in [1.807, 2.05) is 0 Å². The number of nitrogens with two attached hydrogens (primary N) is 2. The largest absolute Gasteiger partial charge is 0.368 e. The van der Waals surface area contributed by atoms with Crippen LogP contribution < -0.4 is 11.5 Å². The highest BCUT2D eigenvalue weighted by molar-refractivity contribution is 5.84. The number of primary amides is 1. The van der Waals surface area contributed by atoms with Crippen LogP contribution in [-0.4, -0.2) is 35.5 Å². The fourth-order valence-corrected chi connectivity index (χ4v) is 3.50. The number of rotatable bonds is 3. The van der Waals surface area contributed by atoms with E-state index in [4.69, 9.17) is 11.5 Å². The normalized spacial score (nSPS) is 38.2. The van der Waals surface area contributed by atoms with E-state index >= 15 is 0 Å². The fourth-order valence-electron chi connectivity index (χ4n) is 3.50. The van der Waals surface area contributed by atoms with Crippen molar-refractivity contribution in [3.05, 3.63) is 0 Å². The van der Waals surface area contributed by atoms with E-state index in [1.165, 1.54) is 6.42 Å². The highest BCUT2D eigenvalue weighted by Gasteiger charge is 2.41. The van der Waals surface area contributed by atoms with Gasteiger partial charge in [0.2, 0.25) is 5.91 Å². The Morgan fingerprint density at radius 3 is 2.67 bits per heavy atom. The molecule has 2 rings (SSSR count). The van der Waals surface area contributed by atoms with Crippen LogP contribution in [0.2, 0.25) is 0 Å². The molecule has 18 heavy (non-hydrogen) atoms. The van der Waals surface area contributed by atoms with Crippen molar-refractivity contribution in [1.29, 1.82) is 0 Å². The minimum absolute atomic E-state index is 0.327. The van der Waals surface area contributed by atoms with Crippen molar-refractivity contribution in [2.75, 3.05) is 13.1 Å². The lowest BCUT2D eigenvalue weighted by Gasteiger charge is -2.39. The van der Waals surface area contributed by atoms with E-state index in [-0.39, 0.29) is 5.91 Å². The van der Waals surface area contributed by atoms with Gasteiger partial charge in [0.05, 0.1) is 5.54 Å². The highest BCUT2D eigenvalue weighted by Crippen LogP contribution is 2.33. The summed E-state index contributed by atoms with van der Waals surface area (Å²) in [6.07, 6.45) is 4.96.